The van der Waals surface area contributed by atoms with Gasteiger partial charge in [0.2, 0.25) is 0 Å². The molecule has 0 aliphatic heterocycles. The number of para-hydroxylation sites is 4. The van der Waals surface area contributed by atoms with Crippen molar-refractivity contribution in [1.82, 2.24) is 54.8 Å². The van der Waals surface area contributed by atoms with Crippen LogP contribution in [0.2, 0.25) is 0 Å². The largest absolute Gasteiger partial charge is 0.456 e. The highest BCUT2D eigenvalue weighted by Gasteiger charge is 2.50. The second-order valence-corrected chi connectivity index (χ2v) is 41.5. The van der Waals surface area contributed by atoms with Gasteiger partial charge in [0.25, 0.3) is 0 Å². The summed E-state index contributed by atoms with van der Waals surface area (Å²) >= 11 is 0. The first-order valence-corrected chi connectivity index (χ1v) is 50.9. The summed E-state index contributed by atoms with van der Waals surface area (Å²) in [6.07, 6.45) is 3.48. The molecule has 148 heavy (non-hydrogen) atoms. The third-order valence-corrected chi connectivity index (χ3v) is 31.7. The van der Waals surface area contributed by atoms with E-state index in [1.807, 2.05) is 170 Å². The molecule has 3 aliphatic carbocycles. The number of rotatable bonds is 14. The Labute approximate surface area is 856 Å². The highest BCUT2D eigenvalue weighted by molar-refractivity contribution is 6.16. The molecule has 0 amide bonds. The predicted octanol–water partition coefficient (Wildman–Crippen LogP) is 34.2. The molecule has 9 aromatic heterocycles. The second-order valence-electron chi connectivity index (χ2n) is 41.5. The number of hydrogen-bond donors (Lipinski definition) is 0. The molecule has 0 fully saturated rings. The highest BCUT2D eigenvalue weighted by atomic mass is 16.3. The zero-order valence-electron chi connectivity index (χ0n) is 83.8. The summed E-state index contributed by atoms with van der Waals surface area (Å²) < 4.78 is 26.6. The number of benzene rings is 16. The van der Waals surface area contributed by atoms with Gasteiger partial charge in [0.05, 0.1) is 5.56 Å². The number of nitrogens with zero attached hydrogens (tertiary/aromatic N) is 11. The van der Waals surface area contributed by atoms with E-state index in [0.717, 1.165) is 149 Å². The first-order chi connectivity index (χ1) is 72.2. The Morgan fingerprint density at radius 2 is 0.547 bits per heavy atom. The van der Waals surface area contributed by atoms with Crippen LogP contribution in [0, 0.1) is 23.2 Å². The van der Waals surface area contributed by atoms with E-state index in [4.69, 9.17) is 62.5 Å². The lowest BCUT2D eigenvalue weighted by atomic mass is 9.62. The average Bonchev–Trinajstić information content (AvgIpc) is 1.54. The van der Waals surface area contributed by atoms with Crippen molar-refractivity contribution < 1.29 is 17.7 Å². The molecule has 9 heterocycles. The fourth-order valence-electron chi connectivity index (χ4n) is 23.7. The molecule has 712 valence electrons. The van der Waals surface area contributed by atoms with Crippen molar-refractivity contribution in [2.75, 3.05) is 0 Å². The van der Waals surface area contributed by atoms with Gasteiger partial charge in [0.15, 0.2) is 52.4 Å². The maximum absolute atomic E-state index is 6.88. The molecule has 0 bridgehead atoms. The van der Waals surface area contributed by atoms with Gasteiger partial charge >= 0.3 is 0 Å². The van der Waals surface area contributed by atoms with Crippen molar-refractivity contribution in [3.05, 3.63) is 428 Å². The summed E-state index contributed by atoms with van der Waals surface area (Å²) in [6, 6.07) is 132. The fraction of sp³-hybridized carbons (Fsp3) is 0.135. The Balaban J connectivity index is 0.000000114. The van der Waals surface area contributed by atoms with Crippen molar-refractivity contribution in [2.45, 2.75) is 92.4 Å². The van der Waals surface area contributed by atoms with E-state index < -0.39 is 0 Å². The van der Waals surface area contributed by atoms with Gasteiger partial charge in [-0.05, 0) is 180 Å². The van der Waals surface area contributed by atoms with Crippen LogP contribution in [-0.4, -0.2) is 54.8 Å². The molecule has 25 aromatic rings. The smallest absolute Gasteiger partial charge is 0.182 e. The van der Waals surface area contributed by atoms with Crippen LogP contribution >= 0.6 is 0 Å². The lowest BCUT2D eigenvalue weighted by molar-refractivity contribution is 0.255. The molecule has 15 heteroatoms. The number of furan rings is 4. The summed E-state index contributed by atoms with van der Waals surface area (Å²) in [5.41, 5.74) is 34.6. The van der Waals surface area contributed by atoms with E-state index >= 15 is 0 Å². The molecule has 0 N–H and O–H groups in total. The SMILES string of the molecule is CC(C)(C)C1(C)c2ccccc2-c2cc3c(cc21)oc1c(-c2nc(-c4ccccn4)nc(-c4ccccn4)n2)cccc13.CC(C)C1(C(C)C)c2ccccc2-c2cc3c(cc21)oc1c(-c2ccc(-c4nc(-c5ccccc5)nc(-c5cccc6oc7ccccc7c56)n4)cc2)cccc13.CC(C)C1(C)c2ccccc2-c2cc3c(cc21)oc1c(-c2ccc(-c4nc(-c5ccccc5)nc(-c5ccccc5)n4)cc2)cccc13. The molecule has 28 rings (SSSR count). The Morgan fingerprint density at radius 1 is 0.216 bits per heavy atom. The van der Waals surface area contributed by atoms with Gasteiger partial charge in [0, 0.05) is 116 Å². The van der Waals surface area contributed by atoms with Crippen LogP contribution in [0.3, 0.4) is 0 Å². The first kappa shape index (κ1) is 90.1. The summed E-state index contributed by atoms with van der Waals surface area (Å²) in [4.78, 5) is 53.4. The summed E-state index contributed by atoms with van der Waals surface area (Å²) in [5, 5.41) is 8.67. The number of pyridine rings is 2. The van der Waals surface area contributed by atoms with E-state index in [0.29, 0.717) is 81.6 Å². The van der Waals surface area contributed by atoms with Crippen LogP contribution in [0.4, 0.5) is 0 Å². The normalized spacial score (nSPS) is 14.7. The quantitative estimate of drug-likeness (QED) is 0.0997. The Kier molecular flexibility index (Phi) is 21.5. The molecule has 16 aromatic carbocycles. The lowest BCUT2D eigenvalue weighted by Crippen LogP contribution is -2.37. The van der Waals surface area contributed by atoms with E-state index in [1.54, 1.807) is 12.4 Å². The van der Waals surface area contributed by atoms with Crippen molar-refractivity contribution in [2.24, 2.45) is 23.2 Å². The third kappa shape index (κ3) is 14.5. The number of fused-ring (bicyclic) bond motifs is 21. The molecular weight excluding hydrogens is 1820 g/mol. The maximum Gasteiger partial charge on any atom is 0.182 e. The summed E-state index contributed by atoms with van der Waals surface area (Å²) in [7, 11) is 0. The molecule has 0 spiro atoms. The standard InChI is InChI=1S/C52H39N3O2.C44H33N3O.C37H29N5O/c1-30(2)52(31(3)4)42-21-10-8-16-36(42)40-28-41-37-19-12-18-35(48(37)57-46(41)29-43(40)52)32-24-26-34(27-25-32)50-53-49(33-14-6-5-7-15-33)54-51(55-50)39-20-13-23-45-47(39)38-17-9-11-22-44(38)56-45;1-27(2)44(3)37-20-11-10-17-33(37)35-25-36-34-19-12-18-32(40(34)48-39(36)26-38(35)44)28-21-23-31(24-22-28)43-46-41(29-13-6-4-7-14-29)45-42(47-43)30-15-8-5-9-16-30;1-36(2,3)37(4)27-15-6-5-12-22(27)25-20-26-23-13-11-14-24(32(23)43-31(26)21-28(25)37)33-40-34(29-16-7-9-18-38-29)42-35(41-33)30-17-8-10-19-39-30/h5-31H,1-4H3;4-27H,1-3H3;5-21H,1-4H3. The molecule has 2 unspecified atom stereocenters. The van der Waals surface area contributed by atoms with Crippen LogP contribution in [0.15, 0.2) is 412 Å². The van der Waals surface area contributed by atoms with Crippen LogP contribution in [0.5, 0.6) is 0 Å². The minimum Gasteiger partial charge on any atom is -0.456 e. The zero-order chi connectivity index (χ0) is 100. The monoisotopic (exact) mass is 1920 g/mol. The minimum absolute atomic E-state index is 0.00612. The number of hydrogen-bond acceptors (Lipinski definition) is 15. The molecule has 0 saturated carbocycles. The van der Waals surface area contributed by atoms with E-state index in [1.165, 1.54) is 66.8 Å². The fourth-order valence-corrected chi connectivity index (χ4v) is 23.7. The van der Waals surface area contributed by atoms with Crippen LogP contribution < -0.4 is 0 Å². The average molecular weight is 1920 g/mol. The Hall–Kier alpha value is -18.0. The second kappa shape index (κ2) is 35.2. The van der Waals surface area contributed by atoms with Crippen molar-refractivity contribution in [3.63, 3.8) is 0 Å². The van der Waals surface area contributed by atoms with Crippen LogP contribution in [0.1, 0.15) is 110 Å². The van der Waals surface area contributed by atoms with Gasteiger partial charge in [-0.15, -0.1) is 0 Å². The lowest BCUT2D eigenvalue weighted by Gasteiger charge is -2.40. The van der Waals surface area contributed by atoms with Crippen molar-refractivity contribution >= 4 is 87.8 Å². The topological polar surface area (TPSA) is 194 Å². The molecule has 2 atom stereocenters. The highest BCUT2D eigenvalue weighted by Crippen LogP contribution is 2.62. The van der Waals surface area contributed by atoms with Gasteiger partial charge in [-0.25, -0.2) is 44.9 Å². The van der Waals surface area contributed by atoms with Gasteiger partial charge in [0.1, 0.15) is 56.1 Å². The van der Waals surface area contributed by atoms with E-state index in [-0.39, 0.29) is 21.7 Å². The summed E-state index contributed by atoms with van der Waals surface area (Å²) in [6.45, 7) is 25.8. The third-order valence-electron chi connectivity index (χ3n) is 31.7. The molecular formula is C133H101N11O4. The maximum atomic E-state index is 6.88. The number of aromatic nitrogens is 11. The van der Waals surface area contributed by atoms with Gasteiger partial charge in [-0.2, -0.15) is 0 Å². The Morgan fingerprint density at radius 3 is 1.02 bits per heavy atom. The van der Waals surface area contributed by atoms with Crippen molar-refractivity contribution in [3.8, 4) is 158 Å². The van der Waals surface area contributed by atoms with Gasteiger partial charge < -0.3 is 17.7 Å². The molecule has 3 aliphatic rings. The van der Waals surface area contributed by atoms with Crippen molar-refractivity contribution in [1.29, 1.82) is 0 Å². The zero-order valence-corrected chi connectivity index (χ0v) is 83.8. The van der Waals surface area contributed by atoms with Crippen LogP contribution in [-0.2, 0) is 16.2 Å². The van der Waals surface area contributed by atoms with Gasteiger partial charge in [-0.3, -0.25) is 9.97 Å². The molecule has 0 saturated heterocycles. The van der Waals surface area contributed by atoms with E-state index in [9.17, 15) is 0 Å². The molecule has 0 radical (unpaired) electrons. The Bertz CT molecular complexity index is 9460. The predicted molar refractivity (Wildman–Crippen MR) is 598 cm³/mol. The van der Waals surface area contributed by atoms with E-state index in [2.05, 4.69) is 298 Å². The minimum atomic E-state index is -0.168. The summed E-state index contributed by atoms with van der Waals surface area (Å²) in [5.74, 6) is 6.50. The van der Waals surface area contributed by atoms with Gasteiger partial charge in [-0.1, -0.05) is 379 Å². The molecule has 15 nitrogen and oxygen atoms in total. The van der Waals surface area contributed by atoms with Crippen LogP contribution in [0.25, 0.3) is 246 Å². The first-order valence-electron chi connectivity index (χ1n) is 50.9.